The highest BCUT2D eigenvalue weighted by molar-refractivity contribution is 6.37. The molecule has 6 aromatic carbocycles. The number of anilines is 2. The Morgan fingerprint density at radius 3 is 1.87 bits per heavy atom. The van der Waals surface area contributed by atoms with Crippen LogP contribution in [0.3, 0.4) is 0 Å². The van der Waals surface area contributed by atoms with E-state index in [4.69, 9.17) is 0 Å². The van der Waals surface area contributed by atoms with Gasteiger partial charge in [-0.05, 0) is 108 Å². The summed E-state index contributed by atoms with van der Waals surface area (Å²) in [4.78, 5) is 2.38. The maximum Gasteiger partial charge on any atom is 0.0441 e. The van der Waals surface area contributed by atoms with Gasteiger partial charge in [-0.1, -0.05) is 182 Å². The Hall–Kier alpha value is -6.70. The van der Waals surface area contributed by atoms with Gasteiger partial charge in [0.1, 0.15) is 0 Å². The minimum absolute atomic E-state index is 0.192. The van der Waals surface area contributed by atoms with Crippen molar-refractivity contribution < 1.29 is 0 Å². The molecule has 0 bridgehead atoms. The summed E-state index contributed by atoms with van der Waals surface area (Å²) in [5.74, 6) is 0.464. The van der Waals surface area contributed by atoms with Crippen LogP contribution < -0.4 is 4.90 Å². The number of para-hydroxylation sites is 2. The summed E-state index contributed by atoms with van der Waals surface area (Å²) in [5, 5.41) is 5.11. The molecule has 10 rings (SSSR count). The SMILES string of the molecule is C=C/C(=C\C=C(/C)CN(c1ccccc1)c1ccccc1)C1=C2C(=C(C3C=CC=C4C=CC=CC43)c3c2ccc2ccccc32)c2ccc3ccccc3c21. The molecule has 0 fully saturated rings. The molecule has 4 aliphatic carbocycles. The molecule has 0 N–H and O–H groups in total. The molecule has 1 nitrogen and oxygen atoms in total. The van der Waals surface area contributed by atoms with E-state index >= 15 is 0 Å². The average molecular weight is 704 g/mol. The van der Waals surface area contributed by atoms with Crippen molar-refractivity contribution in [2.75, 3.05) is 11.4 Å². The van der Waals surface area contributed by atoms with Gasteiger partial charge in [-0.15, -0.1) is 0 Å². The first-order valence-corrected chi connectivity index (χ1v) is 19.3. The van der Waals surface area contributed by atoms with E-state index < -0.39 is 0 Å². The molecule has 1 heteroatoms. The lowest BCUT2D eigenvalue weighted by atomic mass is 9.73. The van der Waals surface area contributed by atoms with Crippen molar-refractivity contribution in [3.8, 4) is 0 Å². The maximum atomic E-state index is 4.48. The highest BCUT2D eigenvalue weighted by Gasteiger charge is 2.42. The van der Waals surface area contributed by atoms with Crippen molar-refractivity contribution in [2.45, 2.75) is 6.92 Å². The molecule has 0 saturated carbocycles. The van der Waals surface area contributed by atoms with Gasteiger partial charge in [0.05, 0.1) is 0 Å². The Kier molecular flexibility index (Phi) is 8.15. The third-order valence-electron chi connectivity index (χ3n) is 11.7. The van der Waals surface area contributed by atoms with Gasteiger partial charge in [-0.2, -0.15) is 0 Å². The maximum absolute atomic E-state index is 4.48. The van der Waals surface area contributed by atoms with Gasteiger partial charge >= 0.3 is 0 Å². The molecule has 4 aliphatic rings. The average Bonchev–Trinajstić information content (AvgIpc) is 3.77. The summed E-state index contributed by atoms with van der Waals surface area (Å²) in [7, 11) is 0. The van der Waals surface area contributed by atoms with E-state index in [-0.39, 0.29) is 11.8 Å². The number of hydrogen-bond donors (Lipinski definition) is 0. The fourth-order valence-electron chi connectivity index (χ4n) is 9.28. The lowest BCUT2D eigenvalue weighted by Crippen LogP contribution is -2.19. The lowest BCUT2D eigenvalue weighted by Gasteiger charge is -2.30. The van der Waals surface area contributed by atoms with Gasteiger partial charge in [0.25, 0.3) is 0 Å². The Bertz CT molecular complexity index is 2760. The minimum Gasteiger partial charge on any atom is -0.337 e. The minimum atomic E-state index is 0.192. The highest BCUT2D eigenvalue weighted by Crippen LogP contribution is 2.62. The molecular formula is C54H41N. The van der Waals surface area contributed by atoms with Crippen LogP contribution >= 0.6 is 0 Å². The van der Waals surface area contributed by atoms with Crippen LogP contribution in [-0.2, 0) is 0 Å². The van der Waals surface area contributed by atoms with Crippen LogP contribution in [0.2, 0.25) is 0 Å². The van der Waals surface area contributed by atoms with Gasteiger partial charge in [0, 0.05) is 29.8 Å². The Morgan fingerprint density at radius 1 is 0.600 bits per heavy atom. The summed E-state index contributed by atoms with van der Waals surface area (Å²) in [6.07, 6.45) is 22.7. The molecule has 55 heavy (non-hydrogen) atoms. The van der Waals surface area contributed by atoms with Crippen LogP contribution in [0.1, 0.15) is 29.2 Å². The van der Waals surface area contributed by atoms with E-state index in [0.717, 1.165) is 12.1 Å². The first-order valence-electron chi connectivity index (χ1n) is 19.3. The first-order chi connectivity index (χ1) is 27.2. The van der Waals surface area contributed by atoms with Crippen molar-refractivity contribution in [1.29, 1.82) is 0 Å². The second-order valence-electron chi connectivity index (χ2n) is 14.9. The third kappa shape index (κ3) is 5.46. The van der Waals surface area contributed by atoms with Crippen LogP contribution in [0.4, 0.5) is 11.4 Å². The largest absolute Gasteiger partial charge is 0.337 e. The van der Waals surface area contributed by atoms with Crippen LogP contribution in [0.5, 0.6) is 0 Å². The van der Waals surface area contributed by atoms with Crippen LogP contribution in [0.25, 0.3) is 43.8 Å². The van der Waals surface area contributed by atoms with Gasteiger partial charge in [-0.3, -0.25) is 0 Å². The standard InChI is InChI=1S/C54H41N/c1-3-37(30-29-36(2)35-55(41-21-6-4-7-22-41)42-23-8-5-9-24-42)49-50-44-26-14-11-18-39(44)31-33-47(50)54-52(46-28-16-20-38-17-10-13-25-43(38)46)51-45-27-15-12-19-40(45)32-34-48(51)53(49)54/h3-34,43,46H,1,35H2,2H3/b36-29+,37-30+. The van der Waals surface area contributed by atoms with Crippen molar-refractivity contribution in [1.82, 2.24) is 0 Å². The van der Waals surface area contributed by atoms with Gasteiger partial charge < -0.3 is 4.90 Å². The van der Waals surface area contributed by atoms with Crippen LogP contribution in [0, 0.1) is 11.8 Å². The molecule has 2 unspecified atom stereocenters. The number of benzene rings is 6. The topological polar surface area (TPSA) is 3.24 Å². The second kappa shape index (κ2) is 13.6. The number of allylic oxidation sites excluding steroid dienone is 16. The lowest BCUT2D eigenvalue weighted by molar-refractivity contribution is 0.657. The molecule has 262 valence electrons. The molecule has 0 aromatic heterocycles. The van der Waals surface area contributed by atoms with Gasteiger partial charge in [0.2, 0.25) is 0 Å². The smallest absolute Gasteiger partial charge is 0.0441 e. The highest BCUT2D eigenvalue weighted by atomic mass is 15.1. The third-order valence-corrected chi connectivity index (χ3v) is 11.7. The van der Waals surface area contributed by atoms with Crippen LogP contribution in [-0.4, -0.2) is 6.54 Å². The van der Waals surface area contributed by atoms with E-state index in [9.17, 15) is 0 Å². The zero-order chi connectivity index (χ0) is 36.9. The summed E-state index contributed by atoms with van der Waals surface area (Å²) in [5.41, 5.74) is 16.8. The molecule has 0 heterocycles. The van der Waals surface area contributed by atoms with E-state index in [1.807, 2.05) is 0 Å². The monoisotopic (exact) mass is 703 g/mol. The Morgan fingerprint density at radius 2 is 1.20 bits per heavy atom. The van der Waals surface area contributed by atoms with E-state index in [1.54, 1.807) is 0 Å². The molecule has 2 atom stereocenters. The summed E-state index contributed by atoms with van der Waals surface area (Å²) in [6.45, 7) is 7.48. The normalized spacial score (nSPS) is 18.4. The number of rotatable bonds is 8. The zero-order valence-corrected chi connectivity index (χ0v) is 31.0. The van der Waals surface area contributed by atoms with E-state index in [2.05, 4.69) is 213 Å². The summed E-state index contributed by atoms with van der Waals surface area (Å²) in [6, 6.07) is 48.5. The summed E-state index contributed by atoms with van der Waals surface area (Å²) >= 11 is 0. The fourth-order valence-corrected chi connectivity index (χ4v) is 9.28. The molecular weight excluding hydrogens is 663 g/mol. The predicted molar refractivity (Wildman–Crippen MR) is 236 cm³/mol. The summed E-state index contributed by atoms with van der Waals surface area (Å²) < 4.78 is 0. The molecule has 0 amide bonds. The predicted octanol–water partition coefficient (Wildman–Crippen LogP) is 13.9. The Labute approximate surface area is 324 Å². The molecule has 0 radical (unpaired) electrons. The number of fused-ring (bicyclic) bond motifs is 10. The van der Waals surface area contributed by atoms with Crippen LogP contribution in [0.15, 0.2) is 218 Å². The van der Waals surface area contributed by atoms with Crippen molar-refractivity contribution >= 4 is 55.2 Å². The van der Waals surface area contributed by atoms with E-state index in [1.165, 1.54) is 88.6 Å². The fraction of sp³-hybridized carbons (Fsp3) is 0.0741. The zero-order valence-electron chi connectivity index (χ0n) is 31.0. The van der Waals surface area contributed by atoms with Gasteiger partial charge in [-0.25, -0.2) is 0 Å². The molecule has 0 saturated heterocycles. The quantitative estimate of drug-likeness (QED) is 0.143. The van der Waals surface area contributed by atoms with Gasteiger partial charge in [0.15, 0.2) is 0 Å². The first kappa shape index (κ1) is 32.9. The molecule has 6 aromatic rings. The van der Waals surface area contributed by atoms with Crippen molar-refractivity contribution in [2.24, 2.45) is 11.8 Å². The Balaban J connectivity index is 1.20. The molecule has 0 spiro atoms. The van der Waals surface area contributed by atoms with Crippen molar-refractivity contribution in [3.05, 3.63) is 240 Å². The second-order valence-corrected chi connectivity index (χ2v) is 14.9. The number of nitrogens with zero attached hydrogens (tertiary/aromatic N) is 1. The molecule has 0 aliphatic heterocycles. The number of hydrogen-bond acceptors (Lipinski definition) is 1. The van der Waals surface area contributed by atoms with E-state index in [0.29, 0.717) is 0 Å². The van der Waals surface area contributed by atoms with Crippen molar-refractivity contribution in [3.63, 3.8) is 0 Å².